The number of halogens is 3. The Hall–Kier alpha value is -3.43. The van der Waals surface area contributed by atoms with Crippen molar-refractivity contribution in [3.05, 3.63) is 46.6 Å². The summed E-state index contributed by atoms with van der Waals surface area (Å²) in [7, 11) is -2.81. The summed E-state index contributed by atoms with van der Waals surface area (Å²) in [5.74, 6) is 1.27. The van der Waals surface area contributed by atoms with Crippen LogP contribution in [0.25, 0.3) is 32.9 Å². The number of piperazine rings is 1. The van der Waals surface area contributed by atoms with Crippen LogP contribution in [0.15, 0.2) is 24.3 Å². The highest BCUT2D eigenvalue weighted by Gasteiger charge is 2.45. The number of fused-ring (bicyclic) bond motifs is 5. The number of aromatic nitrogens is 3. The molecule has 5 saturated heterocycles. The topological polar surface area (TPSA) is 116 Å². The van der Waals surface area contributed by atoms with Crippen molar-refractivity contribution >= 4 is 47.7 Å². The standard InChI is InChI=1S/C32H30ClF2N6O4P/c1-2-21-23(34)6-5-17-11-20(45-46(42)43)13-22(24(17)21)27-26(35)28-25(29(33)37-27)30(40-14-18-12-19(15-40)36-18)39-31(38-28)44-16-32-7-3-9-41(32)10-4-8-32/h1,5-6,11,13,18-19,36,42-43H,3-4,7-10,12,14-16H2. The van der Waals surface area contributed by atoms with Crippen LogP contribution in [-0.2, 0) is 0 Å². The monoisotopic (exact) mass is 666 g/mol. The molecule has 0 spiro atoms. The highest BCUT2D eigenvalue weighted by molar-refractivity contribution is 7.39. The SMILES string of the molecule is C#Cc1c(F)ccc2cc(OP(O)O)cc(-c3nc(Cl)c4c(N5CC6CC(C5)N6)nc(OCC56CCCN5CCC6)nc4c3F)c12. The van der Waals surface area contributed by atoms with Gasteiger partial charge in [0, 0.05) is 36.1 Å². The van der Waals surface area contributed by atoms with Crippen LogP contribution in [-0.4, -0.2) is 80.0 Å². The zero-order valence-electron chi connectivity index (χ0n) is 24.6. The van der Waals surface area contributed by atoms with Crippen molar-refractivity contribution in [2.24, 2.45) is 0 Å². The van der Waals surface area contributed by atoms with E-state index in [9.17, 15) is 14.2 Å². The Labute approximate surface area is 269 Å². The van der Waals surface area contributed by atoms with Crippen LogP contribution in [0.2, 0.25) is 5.15 Å². The summed E-state index contributed by atoms with van der Waals surface area (Å²) in [4.78, 5) is 37.5. The van der Waals surface area contributed by atoms with E-state index >= 15 is 4.39 Å². The minimum atomic E-state index is -2.81. The quantitative estimate of drug-likeness (QED) is 0.143. The maximum atomic E-state index is 17.0. The lowest BCUT2D eigenvalue weighted by Gasteiger charge is -2.48. The molecule has 0 aliphatic carbocycles. The second kappa shape index (κ2) is 11.4. The van der Waals surface area contributed by atoms with E-state index in [1.54, 1.807) is 0 Å². The van der Waals surface area contributed by atoms with Gasteiger partial charge < -0.3 is 29.3 Å². The molecule has 4 aromatic rings. The smallest absolute Gasteiger partial charge is 0.391 e. The van der Waals surface area contributed by atoms with E-state index in [1.807, 2.05) is 0 Å². The maximum absolute atomic E-state index is 17.0. The molecule has 46 heavy (non-hydrogen) atoms. The molecule has 2 aromatic heterocycles. The van der Waals surface area contributed by atoms with Gasteiger partial charge in [-0.3, -0.25) is 4.90 Å². The number of rotatable bonds is 7. The number of ether oxygens (including phenoxy) is 1. The lowest BCUT2D eigenvalue weighted by molar-refractivity contribution is 0.107. The number of anilines is 1. The first-order valence-corrected chi connectivity index (χ1v) is 16.8. The molecule has 9 rings (SSSR count). The fraction of sp³-hybridized carbons (Fsp3) is 0.406. The largest absolute Gasteiger partial charge is 0.461 e. The van der Waals surface area contributed by atoms with Crippen LogP contribution in [0.4, 0.5) is 14.6 Å². The summed E-state index contributed by atoms with van der Waals surface area (Å²) < 4.78 is 43.4. The Morgan fingerprint density at radius 2 is 1.83 bits per heavy atom. The fourth-order valence-electron chi connectivity index (χ4n) is 7.80. The third kappa shape index (κ3) is 4.93. The Morgan fingerprint density at radius 3 is 2.52 bits per heavy atom. The second-order valence-corrected chi connectivity index (χ2v) is 13.6. The van der Waals surface area contributed by atoms with Crippen molar-refractivity contribution in [3.63, 3.8) is 0 Å². The molecule has 5 aliphatic heterocycles. The molecule has 3 N–H and O–H groups in total. The van der Waals surface area contributed by atoms with Crippen molar-refractivity contribution in [3.8, 4) is 35.4 Å². The summed E-state index contributed by atoms with van der Waals surface area (Å²) in [6.45, 7) is 3.75. The van der Waals surface area contributed by atoms with E-state index in [2.05, 4.69) is 31.0 Å². The summed E-state index contributed by atoms with van der Waals surface area (Å²) in [6.07, 6.45) is 11.0. The van der Waals surface area contributed by atoms with Gasteiger partial charge in [0.05, 0.1) is 16.5 Å². The van der Waals surface area contributed by atoms with E-state index in [-0.39, 0.29) is 67.6 Å². The number of hydrogen-bond acceptors (Lipinski definition) is 10. The zero-order valence-corrected chi connectivity index (χ0v) is 26.3. The first-order valence-electron chi connectivity index (χ1n) is 15.3. The van der Waals surface area contributed by atoms with Crippen LogP contribution in [0.1, 0.15) is 37.7 Å². The third-order valence-corrected chi connectivity index (χ3v) is 10.5. The lowest BCUT2D eigenvalue weighted by atomic mass is 9.91. The van der Waals surface area contributed by atoms with Crippen molar-refractivity contribution in [2.45, 2.75) is 49.7 Å². The van der Waals surface area contributed by atoms with Crippen molar-refractivity contribution in [1.29, 1.82) is 0 Å². The predicted octanol–water partition coefficient (Wildman–Crippen LogP) is 4.91. The first-order chi connectivity index (χ1) is 22.2. The van der Waals surface area contributed by atoms with Gasteiger partial charge in [-0.05, 0) is 68.8 Å². The van der Waals surface area contributed by atoms with Crippen LogP contribution in [0, 0.1) is 24.0 Å². The van der Waals surface area contributed by atoms with Gasteiger partial charge in [0.25, 0.3) is 0 Å². The van der Waals surface area contributed by atoms with Gasteiger partial charge in [-0.25, -0.2) is 13.8 Å². The van der Waals surface area contributed by atoms with Crippen molar-refractivity contribution < 1.29 is 27.8 Å². The molecular formula is C32H30ClF2N6O4P. The first kappa shape index (κ1) is 29.9. The van der Waals surface area contributed by atoms with E-state index in [0.717, 1.165) is 45.2 Å². The average Bonchev–Trinajstić information content (AvgIpc) is 3.61. The molecule has 0 radical (unpaired) electrons. The number of nitrogens with zero attached hydrogens (tertiary/aromatic N) is 5. The minimum Gasteiger partial charge on any atom is -0.461 e. The van der Waals surface area contributed by atoms with Gasteiger partial charge in [-0.2, -0.15) is 9.97 Å². The fourth-order valence-corrected chi connectivity index (χ4v) is 8.35. The van der Waals surface area contributed by atoms with Crippen LogP contribution >= 0.6 is 20.2 Å². The molecule has 0 saturated carbocycles. The van der Waals surface area contributed by atoms with Crippen molar-refractivity contribution in [1.82, 2.24) is 25.2 Å². The van der Waals surface area contributed by atoms with Gasteiger partial charge in [-0.1, -0.05) is 23.6 Å². The molecule has 238 valence electrons. The predicted molar refractivity (Wildman–Crippen MR) is 171 cm³/mol. The molecule has 7 heterocycles. The summed E-state index contributed by atoms with van der Waals surface area (Å²) in [5.41, 5.74) is -0.501. The number of pyridine rings is 1. The van der Waals surface area contributed by atoms with E-state index in [1.165, 1.54) is 24.3 Å². The minimum absolute atomic E-state index is 0.00464. The number of hydrogen-bond donors (Lipinski definition) is 3. The number of piperidine rings is 1. The van der Waals surface area contributed by atoms with Crippen LogP contribution < -0.4 is 19.5 Å². The Balaban J connectivity index is 1.31. The van der Waals surface area contributed by atoms with E-state index in [4.69, 9.17) is 32.3 Å². The highest BCUT2D eigenvalue weighted by atomic mass is 35.5. The van der Waals surface area contributed by atoms with Crippen LogP contribution in [0.3, 0.4) is 0 Å². The summed E-state index contributed by atoms with van der Waals surface area (Å²) in [5, 5.41) is 4.25. The molecule has 10 nitrogen and oxygen atoms in total. The zero-order chi connectivity index (χ0) is 31.7. The third-order valence-electron chi connectivity index (χ3n) is 9.83. The normalized spacial score (nSPS) is 21.9. The average molecular weight is 667 g/mol. The van der Waals surface area contributed by atoms with Crippen LogP contribution in [0.5, 0.6) is 11.8 Å². The van der Waals surface area contributed by atoms with Gasteiger partial charge in [0.2, 0.25) is 0 Å². The summed E-state index contributed by atoms with van der Waals surface area (Å²) in [6, 6.07) is 6.01. The Morgan fingerprint density at radius 1 is 1.09 bits per heavy atom. The molecule has 2 atom stereocenters. The highest BCUT2D eigenvalue weighted by Crippen LogP contribution is 2.44. The van der Waals surface area contributed by atoms with E-state index < -0.39 is 20.2 Å². The molecule has 2 unspecified atom stereocenters. The Kier molecular flexibility index (Phi) is 7.40. The number of terminal acetylenes is 1. The van der Waals surface area contributed by atoms with Crippen molar-refractivity contribution in [2.75, 3.05) is 37.7 Å². The Bertz CT molecular complexity index is 1920. The molecule has 2 aromatic carbocycles. The molecule has 14 heteroatoms. The summed E-state index contributed by atoms with van der Waals surface area (Å²) >= 11 is 6.87. The number of benzene rings is 2. The molecular weight excluding hydrogens is 637 g/mol. The van der Waals surface area contributed by atoms with E-state index in [0.29, 0.717) is 30.9 Å². The van der Waals surface area contributed by atoms with Gasteiger partial charge in [0.15, 0.2) is 5.82 Å². The maximum Gasteiger partial charge on any atom is 0.391 e. The molecule has 5 fully saturated rings. The van der Waals surface area contributed by atoms with Gasteiger partial charge >= 0.3 is 14.6 Å². The van der Waals surface area contributed by atoms with Gasteiger partial charge in [-0.15, -0.1) is 6.42 Å². The second-order valence-electron chi connectivity index (χ2n) is 12.5. The number of nitrogens with one attached hydrogen (secondary N) is 1. The molecule has 5 aliphatic rings. The van der Waals surface area contributed by atoms with Gasteiger partial charge in [0.1, 0.15) is 40.4 Å². The molecule has 0 amide bonds. The molecule has 2 bridgehead atoms. The lowest BCUT2D eigenvalue weighted by Crippen LogP contribution is -2.67.